The lowest BCUT2D eigenvalue weighted by molar-refractivity contribution is -0.137. The number of rotatable bonds is 5. The maximum absolute atomic E-state index is 11.4. The average Bonchev–Trinajstić information content (AvgIpc) is 2.48. The maximum atomic E-state index is 11.4. The van der Waals surface area contributed by atoms with E-state index in [4.69, 9.17) is 9.47 Å². The number of allylic oxidation sites excluding steroid dienone is 1. The highest BCUT2D eigenvalue weighted by molar-refractivity contribution is 5.82. The highest BCUT2D eigenvalue weighted by Crippen LogP contribution is 2.26. The van der Waals surface area contributed by atoms with Gasteiger partial charge in [0.2, 0.25) is 0 Å². The largest absolute Gasteiger partial charge is 0.463 e. The predicted molar refractivity (Wildman–Crippen MR) is 78.2 cm³/mol. The topological polar surface area (TPSA) is 35.5 Å². The molecule has 1 fully saturated rings. The van der Waals surface area contributed by atoms with Gasteiger partial charge in [0.25, 0.3) is 0 Å². The molecule has 0 aromatic heterocycles. The van der Waals surface area contributed by atoms with Crippen LogP contribution in [-0.4, -0.2) is 18.7 Å². The van der Waals surface area contributed by atoms with Crippen molar-refractivity contribution in [3.8, 4) is 0 Å². The summed E-state index contributed by atoms with van der Waals surface area (Å²) in [6.45, 7) is 2.93. The number of hydrogen-bond acceptors (Lipinski definition) is 3. The minimum atomic E-state index is -0.217. The van der Waals surface area contributed by atoms with Crippen LogP contribution in [0.1, 0.15) is 38.2 Å². The van der Waals surface area contributed by atoms with Gasteiger partial charge in [-0.1, -0.05) is 35.9 Å². The smallest absolute Gasteiger partial charge is 0.330 e. The predicted octanol–water partition coefficient (Wildman–Crippen LogP) is 3.64. The van der Waals surface area contributed by atoms with E-state index in [-0.39, 0.29) is 5.97 Å². The molecule has 20 heavy (non-hydrogen) atoms. The van der Waals surface area contributed by atoms with Crippen LogP contribution in [0.15, 0.2) is 42.0 Å². The molecule has 0 unspecified atom stereocenters. The first kappa shape index (κ1) is 14.8. The molecule has 0 bridgehead atoms. The van der Waals surface area contributed by atoms with Crippen LogP contribution in [0.2, 0.25) is 0 Å². The van der Waals surface area contributed by atoms with Crippen LogP contribution in [0.5, 0.6) is 0 Å². The molecule has 3 heteroatoms. The van der Waals surface area contributed by atoms with Crippen molar-refractivity contribution >= 4 is 5.97 Å². The summed E-state index contributed by atoms with van der Waals surface area (Å²) in [5.74, 6) is -0.217. The lowest BCUT2D eigenvalue weighted by atomic mass is 9.92. The molecule has 0 spiro atoms. The van der Waals surface area contributed by atoms with Crippen LogP contribution in [0.25, 0.3) is 0 Å². The molecule has 108 valence electrons. The quantitative estimate of drug-likeness (QED) is 0.607. The molecule has 0 atom stereocenters. The Hall–Kier alpha value is -1.61. The van der Waals surface area contributed by atoms with E-state index in [0.717, 1.165) is 25.7 Å². The van der Waals surface area contributed by atoms with Crippen LogP contribution >= 0.6 is 0 Å². The van der Waals surface area contributed by atoms with Crippen LogP contribution in [0.3, 0.4) is 0 Å². The van der Waals surface area contributed by atoms with Gasteiger partial charge in [-0.05, 0) is 38.2 Å². The number of carbonyl (C=O) groups excluding carboxylic acids is 1. The van der Waals surface area contributed by atoms with Gasteiger partial charge in [-0.25, -0.2) is 4.79 Å². The first-order valence-electron chi connectivity index (χ1n) is 7.29. The molecule has 1 aliphatic carbocycles. The van der Waals surface area contributed by atoms with Gasteiger partial charge in [0.05, 0.1) is 19.3 Å². The molecular weight excluding hydrogens is 252 g/mol. The standard InChI is InChI=1S/C17H22O3/c1-2-19-17(18)12-14-8-10-16(11-9-14)20-13-15-6-4-3-5-7-15/h3-7,12,16H,2,8-11,13H2,1H3. The number of ether oxygens (including phenoxy) is 2. The zero-order chi connectivity index (χ0) is 14.2. The van der Waals surface area contributed by atoms with Crippen molar-refractivity contribution < 1.29 is 14.3 Å². The summed E-state index contributed by atoms with van der Waals surface area (Å²) in [7, 11) is 0. The third-order valence-electron chi connectivity index (χ3n) is 3.51. The Morgan fingerprint density at radius 1 is 1.25 bits per heavy atom. The van der Waals surface area contributed by atoms with Crippen LogP contribution in [-0.2, 0) is 20.9 Å². The molecule has 0 heterocycles. The van der Waals surface area contributed by atoms with Gasteiger partial charge in [-0.15, -0.1) is 0 Å². The number of esters is 1. The molecule has 0 N–H and O–H groups in total. The first-order chi connectivity index (χ1) is 9.78. The summed E-state index contributed by atoms with van der Waals surface area (Å²) in [5, 5.41) is 0. The molecule has 3 nitrogen and oxygen atoms in total. The van der Waals surface area contributed by atoms with Gasteiger partial charge < -0.3 is 9.47 Å². The van der Waals surface area contributed by atoms with E-state index in [0.29, 0.717) is 19.3 Å². The van der Waals surface area contributed by atoms with Crippen molar-refractivity contribution in [2.75, 3.05) is 6.61 Å². The number of carbonyl (C=O) groups is 1. The van der Waals surface area contributed by atoms with Gasteiger partial charge in [0.15, 0.2) is 0 Å². The molecule has 2 rings (SSSR count). The van der Waals surface area contributed by atoms with Gasteiger partial charge in [-0.2, -0.15) is 0 Å². The van der Waals surface area contributed by atoms with Crippen molar-refractivity contribution in [1.82, 2.24) is 0 Å². The second-order valence-electron chi connectivity index (χ2n) is 5.05. The fraction of sp³-hybridized carbons (Fsp3) is 0.471. The lowest BCUT2D eigenvalue weighted by Gasteiger charge is -2.24. The van der Waals surface area contributed by atoms with Crippen LogP contribution < -0.4 is 0 Å². The van der Waals surface area contributed by atoms with Crippen molar-refractivity contribution in [3.63, 3.8) is 0 Å². The van der Waals surface area contributed by atoms with E-state index in [1.165, 1.54) is 11.1 Å². The van der Waals surface area contributed by atoms with E-state index in [2.05, 4.69) is 12.1 Å². The van der Waals surface area contributed by atoms with Gasteiger partial charge in [-0.3, -0.25) is 0 Å². The summed E-state index contributed by atoms with van der Waals surface area (Å²) in [5.41, 5.74) is 2.39. The highest BCUT2D eigenvalue weighted by atomic mass is 16.5. The van der Waals surface area contributed by atoms with Crippen molar-refractivity contribution in [1.29, 1.82) is 0 Å². The summed E-state index contributed by atoms with van der Waals surface area (Å²) in [6, 6.07) is 10.2. The first-order valence-corrected chi connectivity index (χ1v) is 7.29. The zero-order valence-electron chi connectivity index (χ0n) is 12.0. The van der Waals surface area contributed by atoms with E-state index in [1.807, 2.05) is 25.1 Å². The fourth-order valence-electron chi connectivity index (χ4n) is 2.41. The maximum Gasteiger partial charge on any atom is 0.330 e. The Morgan fingerprint density at radius 3 is 2.60 bits per heavy atom. The van der Waals surface area contributed by atoms with E-state index in [9.17, 15) is 4.79 Å². The van der Waals surface area contributed by atoms with E-state index >= 15 is 0 Å². The third-order valence-corrected chi connectivity index (χ3v) is 3.51. The summed E-state index contributed by atoms with van der Waals surface area (Å²) in [6.07, 6.45) is 5.78. The summed E-state index contributed by atoms with van der Waals surface area (Å²) < 4.78 is 10.9. The minimum Gasteiger partial charge on any atom is -0.463 e. The molecule has 0 saturated heterocycles. The van der Waals surface area contributed by atoms with Crippen LogP contribution in [0.4, 0.5) is 0 Å². The summed E-state index contributed by atoms with van der Waals surface area (Å²) in [4.78, 5) is 11.4. The monoisotopic (exact) mass is 274 g/mol. The molecule has 1 saturated carbocycles. The Morgan fingerprint density at radius 2 is 1.95 bits per heavy atom. The molecule has 0 aliphatic heterocycles. The lowest BCUT2D eigenvalue weighted by Crippen LogP contribution is -2.18. The van der Waals surface area contributed by atoms with E-state index < -0.39 is 0 Å². The second-order valence-corrected chi connectivity index (χ2v) is 5.05. The van der Waals surface area contributed by atoms with Crippen molar-refractivity contribution in [3.05, 3.63) is 47.5 Å². The SMILES string of the molecule is CCOC(=O)C=C1CCC(OCc2ccccc2)CC1. The molecule has 1 aromatic carbocycles. The minimum absolute atomic E-state index is 0.217. The Balaban J connectivity index is 1.73. The normalized spacial score (nSPS) is 18.6. The Kier molecular flexibility index (Phi) is 5.81. The van der Waals surface area contributed by atoms with Crippen molar-refractivity contribution in [2.45, 2.75) is 45.3 Å². The molecule has 0 radical (unpaired) electrons. The molecular formula is C17H22O3. The highest BCUT2D eigenvalue weighted by Gasteiger charge is 2.17. The number of hydrogen-bond donors (Lipinski definition) is 0. The molecule has 1 aromatic rings. The number of benzene rings is 1. The fourth-order valence-corrected chi connectivity index (χ4v) is 2.41. The van der Waals surface area contributed by atoms with Crippen molar-refractivity contribution in [2.24, 2.45) is 0 Å². The second kappa shape index (κ2) is 7.85. The van der Waals surface area contributed by atoms with Gasteiger partial charge in [0.1, 0.15) is 0 Å². The zero-order valence-corrected chi connectivity index (χ0v) is 12.0. The van der Waals surface area contributed by atoms with Crippen LogP contribution in [0, 0.1) is 0 Å². The summed E-state index contributed by atoms with van der Waals surface area (Å²) >= 11 is 0. The van der Waals surface area contributed by atoms with E-state index in [1.54, 1.807) is 6.08 Å². The average molecular weight is 274 g/mol. The molecule has 0 amide bonds. The van der Waals surface area contributed by atoms with Gasteiger partial charge in [0, 0.05) is 6.08 Å². The molecule has 1 aliphatic rings. The van der Waals surface area contributed by atoms with Gasteiger partial charge >= 0.3 is 5.97 Å². The third kappa shape index (κ3) is 4.82. The Bertz CT molecular complexity index is 441. The Labute approximate surface area is 120 Å².